The van der Waals surface area contributed by atoms with E-state index >= 15 is 0 Å². The standard InChI is InChI=1S/C54H38N2/c55-34-46(35-16-3-1-4-17-35)53-45-26-8-7-25-44(45)51(52(56-53)36-18-5-2-6-19-36)39-21-15-20-37(32-39)38-30-31-43-42-24-11-14-29-49(42)54(50(43)33-38)47-27-12-9-22-40(47)41-23-10-13-28-48(41)54/h1-3,5-16,18-34,55-56H,4,17H2/b53-46+,55-34?. The van der Waals surface area contributed by atoms with E-state index < -0.39 is 0 Å². The minimum absolute atomic E-state index is 0.388. The molecule has 0 fully saturated rings. The first-order valence-corrected chi connectivity index (χ1v) is 19.6. The highest BCUT2D eigenvalue weighted by atomic mass is 14.9. The molecule has 7 aromatic rings. The Morgan fingerprint density at radius 3 is 1.70 bits per heavy atom. The molecule has 1 spiro atoms. The van der Waals surface area contributed by atoms with Crippen molar-refractivity contribution >= 4 is 23.2 Å². The van der Waals surface area contributed by atoms with Gasteiger partial charge in [-0.1, -0.05) is 176 Å². The number of rotatable bonds is 5. The Kier molecular flexibility index (Phi) is 7.40. The molecule has 1 aliphatic heterocycles. The molecule has 0 radical (unpaired) electrons. The van der Waals surface area contributed by atoms with Gasteiger partial charge >= 0.3 is 0 Å². The van der Waals surface area contributed by atoms with E-state index in [2.05, 4.69) is 193 Å². The lowest BCUT2D eigenvalue weighted by molar-refractivity contribution is 0.794. The van der Waals surface area contributed by atoms with Gasteiger partial charge in [0.1, 0.15) is 0 Å². The molecule has 11 rings (SSSR count). The van der Waals surface area contributed by atoms with Gasteiger partial charge < -0.3 is 10.7 Å². The average molecular weight is 715 g/mol. The maximum Gasteiger partial charge on any atom is 0.0725 e. The van der Waals surface area contributed by atoms with Crippen LogP contribution in [0.2, 0.25) is 0 Å². The summed E-state index contributed by atoms with van der Waals surface area (Å²) in [6.07, 6.45) is 9.90. The average Bonchev–Trinajstić information content (AvgIpc) is 3.74. The van der Waals surface area contributed by atoms with E-state index in [1.165, 1.54) is 67.4 Å². The van der Waals surface area contributed by atoms with Crippen LogP contribution in [-0.4, -0.2) is 6.21 Å². The van der Waals surface area contributed by atoms with Crippen molar-refractivity contribution in [3.8, 4) is 33.4 Å². The van der Waals surface area contributed by atoms with Crippen molar-refractivity contribution in [2.45, 2.75) is 18.3 Å². The Hall–Kier alpha value is -7.03. The van der Waals surface area contributed by atoms with Gasteiger partial charge in [-0.25, -0.2) is 0 Å². The zero-order valence-corrected chi connectivity index (χ0v) is 30.9. The molecule has 0 bridgehead atoms. The summed E-state index contributed by atoms with van der Waals surface area (Å²) >= 11 is 0. The lowest BCUT2D eigenvalue weighted by atomic mass is 9.70. The minimum Gasteiger partial charge on any atom is -0.353 e. The predicted molar refractivity (Wildman–Crippen MR) is 232 cm³/mol. The molecule has 3 aliphatic carbocycles. The van der Waals surface area contributed by atoms with Crippen molar-refractivity contribution in [3.63, 3.8) is 0 Å². The van der Waals surface area contributed by atoms with Crippen LogP contribution >= 0.6 is 0 Å². The highest BCUT2D eigenvalue weighted by Crippen LogP contribution is 2.63. The summed E-state index contributed by atoms with van der Waals surface area (Å²) in [6.45, 7) is 0. The molecule has 2 heteroatoms. The summed E-state index contributed by atoms with van der Waals surface area (Å²) in [4.78, 5) is 0. The molecule has 2 N–H and O–H groups in total. The molecular formula is C54H38N2. The zero-order valence-electron chi connectivity index (χ0n) is 30.9. The normalized spacial score (nSPS) is 16.2. The maximum absolute atomic E-state index is 8.61. The van der Waals surface area contributed by atoms with E-state index in [1.807, 2.05) is 0 Å². The molecule has 0 aromatic heterocycles. The molecule has 2 nitrogen and oxygen atoms in total. The molecule has 0 saturated heterocycles. The number of hydrogen-bond acceptors (Lipinski definition) is 2. The van der Waals surface area contributed by atoms with Crippen LogP contribution in [0.15, 0.2) is 199 Å². The first-order chi connectivity index (χ1) is 27.8. The van der Waals surface area contributed by atoms with Crippen molar-refractivity contribution in [2.75, 3.05) is 0 Å². The zero-order chi connectivity index (χ0) is 37.2. The fourth-order valence-electron chi connectivity index (χ4n) is 9.92. The summed E-state index contributed by atoms with van der Waals surface area (Å²) in [5.74, 6) is 0. The Morgan fingerprint density at radius 1 is 0.500 bits per heavy atom. The minimum atomic E-state index is -0.388. The van der Waals surface area contributed by atoms with Crippen LogP contribution in [0.4, 0.5) is 0 Å². The molecule has 0 amide bonds. The van der Waals surface area contributed by atoms with Gasteiger partial charge in [0.25, 0.3) is 0 Å². The monoisotopic (exact) mass is 714 g/mol. The molecule has 0 saturated carbocycles. The van der Waals surface area contributed by atoms with Crippen LogP contribution in [0.1, 0.15) is 57.3 Å². The molecule has 0 atom stereocenters. The first-order valence-electron chi connectivity index (χ1n) is 19.6. The SMILES string of the molecule is N=C/C(C1=CC=CCC1)=C1\NC(c2ccccc2)=C(c2cccc(-c3ccc4c(c3)C3(c5ccccc5-c5ccccc53)c3ccccc3-4)c2)c2ccccc21. The fraction of sp³-hybridized carbons (Fsp3) is 0.0556. The summed E-state index contributed by atoms with van der Waals surface area (Å²) in [5.41, 5.74) is 22.5. The van der Waals surface area contributed by atoms with Gasteiger partial charge in [-0.3, -0.25) is 0 Å². The van der Waals surface area contributed by atoms with Gasteiger partial charge in [-0.15, -0.1) is 0 Å². The van der Waals surface area contributed by atoms with Gasteiger partial charge in [0.2, 0.25) is 0 Å². The van der Waals surface area contributed by atoms with Crippen molar-refractivity contribution in [2.24, 2.45) is 0 Å². The largest absolute Gasteiger partial charge is 0.353 e. The third-order valence-electron chi connectivity index (χ3n) is 12.3. The van der Waals surface area contributed by atoms with E-state index in [0.29, 0.717) is 0 Å². The van der Waals surface area contributed by atoms with E-state index in [0.717, 1.165) is 57.6 Å². The highest BCUT2D eigenvalue weighted by molar-refractivity contribution is 6.09. The smallest absolute Gasteiger partial charge is 0.0725 e. The quantitative estimate of drug-likeness (QED) is 0.171. The number of fused-ring (bicyclic) bond motifs is 11. The van der Waals surface area contributed by atoms with E-state index in [4.69, 9.17) is 5.41 Å². The Bertz CT molecular complexity index is 2840. The summed E-state index contributed by atoms with van der Waals surface area (Å²) < 4.78 is 0. The Morgan fingerprint density at radius 2 is 1.05 bits per heavy atom. The lowest BCUT2D eigenvalue weighted by Crippen LogP contribution is -2.25. The molecule has 1 heterocycles. The molecule has 4 aliphatic rings. The van der Waals surface area contributed by atoms with Crippen LogP contribution < -0.4 is 5.32 Å². The second kappa shape index (κ2) is 12.8. The van der Waals surface area contributed by atoms with Crippen LogP contribution in [-0.2, 0) is 5.41 Å². The van der Waals surface area contributed by atoms with E-state index in [9.17, 15) is 0 Å². The van der Waals surface area contributed by atoms with Crippen molar-refractivity contribution in [1.82, 2.24) is 5.32 Å². The van der Waals surface area contributed by atoms with E-state index in [-0.39, 0.29) is 5.41 Å². The van der Waals surface area contributed by atoms with Crippen molar-refractivity contribution < 1.29 is 0 Å². The first kappa shape index (κ1) is 32.4. The molecular weight excluding hydrogens is 677 g/mol. The topological polar surface area (TPSA) is 35.9 Å². The number of allylic oxidation sites excluding steroid dienone is 5. The second-order valence-corrected chi connectivity index (χ2v) is 15.1. The van der Waals surface area contributed by atoms with Crippen LogP contribution in [0.3, 0.4) is 0 Å². The Labute approximate surface area is 328 Å². The molecule has 0 unspecified atom stereocenters. The lowest BCUT2D eigenvalue weighted by Gasteiger charge is -2.31. The van der Waals surface area contributed by atoms with Crippen LogP contribution in [0, 0.1) is 5.41 Å². The second-order valence-electron chi connectivity index (χ2n) is 15.1. The van der Waals surface area contributed by atoms with Crippen LogP contribution in [0.5, 0.6) is 0 Å². The van der Waals surface area contributed by atoms with Crippen LogP contribution in [0.25, 0.3) is 50.3 Å². The number of nitrogens with one attached hydrogen (secondary N) is 2. The van der Waals surface area contributed by atoms with E-state index in [1.54, 1.807) is 0 Å². The highest BCUT2D eigenvalue weighted by Gasteiger charge is 2.51. The van der Waals surface area contributed by atoms with Gasteiger partial charge in [0.05, 0.1) is 16.8 Å². The molecule has 56 heavy (non-hydrogen) atoms. The maximum atomic E-state index is 8.61. The van der Waals surface area contributed by atoms with Gasteiger partial charge in [-0.05, 0) is 103 Å². The number of hydrogen-bond donors (Lipinski definition) is 2. The van der Waals surface area contributed by atoms with Gasteiger partial charge in [-0.2, -0.15) is 0 Å². The Balaban J connectivity index is 1.12. The predicted octanol–water partition coefficient (Wildman–Crippen LogP) is 12.9. The van der Waals surface area contributed by atoms with Crippen molar-refractivity contribution in [3.05, 3.63) is 244 Å². The molecule has 7 aromatic carbocycles. The summed E-state index contributed by atoms with van der Waals surface area (Å²) in [7, 11) is 0. The summed E-state index contributed by atoms with van der Waals surface area (Å²) in [5, 5.41) is 12.5. The summed E-state index contributed by atoms with van der Waals surface area (Å²) in [6, 6.07) is 62.5. The third-order valence-corrected chi connectivity index (χ3v) is 12.3. The third kappa shape index (κ3) is 4.66. The van der Waals surface area contributed by atoms with Crippen molar-refractivity contribution in [1.29, 1.82) is 5.41 Å². The molecule has 264 valence electrons. The van der Waals surface area contributed by atoms with Gasteiger partial charge in [0.15, 0.2) is 0 Å². The van der Waals surface area contributed by atoms with Gasteiger partial charge in [0, 0.05) is 22.9 Å². The number of benzene rings is 7. The fourth-order valence-corrected chi connectivity index (χ4v) is 9.92.